The molecule has 118 valence electrons. The average Bonchev–Trinajstić information content (AvgIpc) is 2.36. The maximum atomic E-state index is 11.8. The Morgan fingerprint density at radius 2 is 2.05 bits per heavy atom. The van der Waals surface area contributed by atoms with Crippen molar-refractivity contribution in [2.24, 2.45) is 0 Å². The molecule has 0 aliphatic carbocycles. The van der Waals surface area contributed by atoms with Crippen LogP contribution in [0.1, 0.15) is 13.3 Å². The lowest BCUT2D eigenvalue weighted by atomic mass is 10.3. The summed E-state index contributed by atoms with van der Waals surface area (Å²) in [6.45, 7) is 1.85. The van der Waals surface area contributed by atoms with Crippen LogP contribution >= 0.6 is 23.2 Å². The summed E-state index contributed by atoms with van der Waals surface area (Å²) < 4.78 is 27.3. The molecule has 8 heteroatoms. The first-order valence-corrected chi connectivity index (χ1v) is 9.08. The molecule has 0 aliphatic rings. The van der Waals surface area contributed by atoms with Crippen LogP contribution in [0.15, 0.2) is 18.2 Å². The van der Waals surface area contributed by atoms with Gasteiger partial charge in [-0.1, -0.05) is 23.2 Å². The van der Waals surface area contributed by atoms with Crippen LogP contribution in [0.4, 0.5) is 0 Å². The SMILES string of the molecule is CC(Oc1ccc(Cl)cc1Cl)C(=O)NCCCS(C)(=O)=O. The first-order chi connectivity index (χ1) is 9.69. The van der Waals surface area contributed by atoms with Gasteiger partial charge in [0.2, 0.25) is 0 Å². The summed E-state index contributed by atoms with van der Waals surface area (Å²) in [5.41, 5.74) is 0. The molecule has 1 unspecified atom stereocenters. The first kappa shape index (κ1) is 18.1. The third-order valence-corrected chi connectivity index (χ3v) is 4.12. The van der Waals surface area contributed by atoms with Gasteiger partial charge in [0.1, 0.15) is 15.6 Å². The maximum Gasteiger partial charge on any atom is 0.260 e. The Balaban J connectivity index is 2.44. The highest BCUT2D eigenvalue weighted by Gasteiger charge is 2.16. The van der Waals surface area contributed by atoms with Crippen molar-refractivity contribution >= 4 is 38.9 Å². The van der Waals surface area contributed by atoms with Crippen LogP contribution in [0, 0.1) is 0 Å². The molecule has 21 heavy (non-hydrogen) atoms. The molecular weight excluding hydrogens is 337 g/mol. The van der Waals surface area contributed by atoms with Crippen LogP contribution in [0.3, 0.4) is 0 Å². The second kappa shape index (κ2) is 7.87. The zero-order valence-electron chi connectivity index (χ0n) is 11.7. The Morgan fingerprint density at radius 3 is 2.62 bits per heavy atom. The van der Waals surface area contributed by atoms with Crippen LogP contribution in [-0.4, -0.2) is 39.0 Å². The van der Waals surface area contributed by atoms with Crippen LogP contribution in [0.2, 0.25) is 10.0 Å². The summed E-state index contributed by atoms with van der Waals surface area (Å²) in [6, 6.07) is 4.72. The average molecular weight is 354 g/mol. The number of carbonyl (C=O) groups excluding carboxylic acids is 1. The summed E-state index contributed by atoms with van der Waals surface area (Å²) in [4.78, 5) is 11.8. The molecule has 1 atom stereocenters. The molecule has 1 amide bonds. The van der Waals surface area contributed by atoms with Crippen molar-refractivity contribution in [2.45, 2.75) is 19.4 Å². The summed E-state index contributed by atoms with van der Waals surface area (Å²) in [5, 5.41) is 3.40. The summed E-state index contributed by atoms with van der Waals surface area (Å²) >= 11 is 11.7. The molecule has 0 fully saturated rings. The number of rotatable bonds is 7. The van der Waals surface area contributed by atoms with E-state index in [2.05, 4.69) is 5.32 Å². The van der Waals surface area contributed by atoms with E-state index in [1.54, 1.807) is 19.1 Å². The summed E-state index contributed by atoms with van der Waals surface area (Å²) in [6.07, 6.45) is 0.768. The van der Waals surface area contributed by atoms with Crippen molar-refractivity contribution in [3.63, 3.8) is 0 Å². The van der Waals surface area contributed by atoms with E-state index in [4.69, 9.17) is 27.9 Å². The molecule has 0 spiro atoms. The van der Waals surface area contributed by atoms with Gasteiger partial charge in [0.15, 0.2) is 6.10 Å². The number of carbonyl (C=O) groups is 1. The van der Waals surface area contributed by atoms with Crippen LogP contribution in [-0.2, 0) is 14.6 Å². The molecule has 1 aromatic carbocycles. The third kappa shape index (κ3) is 7.02. The third-order valence-electron chi connectivity index (χ3n) is 2.56. The summed E-state index contributed by atoms with van der Waals surface area (Å²) in [5.74, 6) is 0.0558. The predicted octanol–water partition coefficient (Wildman–Crippen LogP) is 2.31. The molecular formula is C13H17Cl2NO4S. The highest BCUT2D eigenvalue weighted by molar-refractivity contribution is 7.90. The molecule has 0 aliphatic heterocycles. The van der Waals surface area contributed by atoms with E-state index in [0.29, 0.717) is 22.2 Å². The van der Waals surface area contributed by atoms with Gasteiger partial charge in [-0.2, -0.15) is 0 Å². The van der Waals surface area contributed by atoms with Crippen molar-refractivity contribution in [3.05, 3.63) is 28.2 Å². The number of halogens is 2. The Labute approximate surface area is 134 Å². The van der Waals surface area contributed by atoms with E-state index < -0.39 is 15.9 Å². The van der Waals surface area contributed by atoms with Crippen molar-refractivity contribution in [3.8, 4) is 5.75 Å². The quantitative estimate of drug-likeness (QED) is 0.763. The largest absolute Gasteiger partial charge is 0.479 e. The molecule has 5 nitrogen and oxygen atoms in total. The van der Waals surface area contributed by atoms with Gasteiger partial charge < -0.3 is 10.1 Å². The Kier molecular flexibility index (Phi) is 6.77. The Morgan fingerprint density at radius 1 is 1.38 bits per heavy atom. The van der Waals surface area contributed by atoms with Gasteiger partial charge in [0, 0.05) is 17.8 Å². The topological polar surface area (TPSA) is 72.5 Å². The minimum absolute atomic E-state index is 0.0333. The number of ether oxygens (including phenoxy) is 1. The Hall–Kier alpha value is -0.980. The normalized spacial score (nSPS) is 12.8. The molecule has 1 rings (SSSR count). The van der Waals surface area contributed by atoms with Gasteiger partial charge in [-0.05, 0) is 31.5 Å². The van der Waals surface area contributed by atoms with Gasteiger partial charge in [0.05, 0.1) is 10.8 Å². The predicted molar refractivity (Wildman–Crippen MR) is 83.9 cm³/mol. The molecule has 0 saturated heterocycles. The molecule has 0 aromatic heterocycles. The number of hydrogen-bond donors (Lipinski definition) is 1. The number of amides is 1. The molecule has 0 heterocycles. The lowest BCUT2D eigenvalue weighted by Gasteiger charge is -2.15. The molecule has 1 N–H and O–H groups in total. The van der Waals surface area contributed by atoms with Crippen LogP contribution in [0.5, 0.6) is 5.75 Å². The standard InChI is InChI=1S/C13H17Cl2NO4S/c1-9(13(17)16-6-3-7-21(2,18)19)20-12-5-4-10(14)8-11(12)15/h4-5,8-9H,3,6-7H2,1-2H3,(H,16,17). The van der Waals surface area contributed by atoms with Gasteiger partial charge in [0.25, 0.3) is 5.91 Å². The highest BCUT2D eigenvalue weighted by Crippen LogP contribution is 2.28. The van der Waals surface area contributed by atoms with E-state index >= 15 is 0 Å². The van der Waals surface area contributed by atoms with E-state index in [1.807, 2.05) is 0 Å². The number of sulfone groups is 1. The summed E-state index contributed by atoms with van der Waals surface area (Å²) in [7, 11) is -3.01. The second-order valence-electron chi connectivity index (χ2n) is 4.61. The van der Waals surface area contributed by atoms with Gasteiger partial charge in [-0.25, -0.2) is 8.42 Å². The first-order valence-electron chi connectivity index (χ1n) is 6.26. The fraction of sp³-hybridized carbons (Fsp3) is 0.462. The minimum atomic E-state index is -3.01. The van der Waals surface area contributed by atoms with E-state index in [0.717, 1.165) is 6.26 Å². The smallest absolute Gasteiger partial charge is 0.260 e. The lowest BCUT2D eigenvalue weighted by molar-refractivity contribution is -0.127. The van der Waals surface area contributed by atoms with Gasteiger partial charge in [-0.3, -0.25) is 4.79 Å². The fourth-order valence-electron chi connectivity index (χ4n) is 1.50. The maximum absolute atomic E-state index is 11.8. The lowest BCUT2D eigenvalue weighted by Crippen LogP contribution is -2.37. The fourth-order valence-corrected chi connectivity index (χ4v) is 2.63. The van der Waals surface area contributed by atoms with E-state index in [-0.39, 0.29) is 18.2 Å². The van der Waals surface area contributed by atoms with Crippen molar-refractivity contribution < 1.29 is 17.9 Å². The molecule has 0 bridgehead atoms. The van der Waals surface area contributed by atoms with Crippen molar-refractivity contribution in [1.29, 1.82) is 0 Å². The van der Waals surface area contributed by atoms with Gasteiger partial charge >= 0.3 is 0 Å². The van der Waals surface area contributed by atoms with Crippen molar-refractivity contribution in [2.75, 3.05) is 18.6 Å². The van der Waals surface area contributed by atoms with Crippen LogP contribution < -0.4 is 10.1 Å². The van der Waals surface area contributed by atoms with E-state index in [9.17, 15) is 13.2 Å². The van der Waals surface area contributed by atoms with Gasteiger partial charge in [-0.15, -0.1) is 0 Å². The monoisotopic (exact) mass is 353 g/mol. The number of benzene rings is 1. The second-order valence-corrected chi connectivity index (χ2v) is 7.71. The Bertz CT molecular complexity index is 604. The molecule has 0 radical (unpaired) electrons. The van der Waals surface area contributed by atoms with Crippen LogP contribution in [0.25, 0.3) is 0 Å². The zero-order valence-corrected chi connectivity index (χ0v) is 14.1. The molecule has 1 aromatic rings. The molecule has 0 saturated carbocycles. The van der Waals surface area contributed by atoms with Crippen molar-refractivity contribution in [1.82, 2.24) is 5.32 Å². The number of nitrogens with one attached hydrogen (secondary N) is 1. The zero-order chi connectivity index (χ0) is 16.0. The number of hydrogen-bond acceptors (Lipinski definition) is 4. The van der Waals surface area contributed by atoms with E-state index in [1.165, 1.54) is 6.07 Å². The minimum Gasteiger partial charge on any atom is -0.479 e. The highest BCUT2D eigenvalue weighted by atomic mass is 35.5.